The summed E-state index contributed by atoms with van der Waals surface area (Å²) in [6.07, 6.45) is 1.03. The summed E-state index contributed by atoms with van der Waals surface area (Å²) in [5.74, 6) is 2.38. The van der Waals surface area contributed by atoms with E-state index in [-0.39, 0.29) is 5.91 Å². The largest absolute Gasteiger partial charge is 0.490 e. The van der Waals surface area contributed by atoms with Gasteiger partial charge in [0.1, 0.15) is 5.75 Å². The van der Waals surface area contributed by atoms with Gasteiger partial charge >= 0.3 is 0 Å². The molecule has 0 bridgehead atoms. The van der Waals surface area contributed by atoms with E-state index in [2.05, 4.69) is 5.32 Å². The van der Waals surface area contributed by atoms with Gasteiger partial charge in [0.2, 0.25) is 0 Å². The Morgan fingerprint density at radius 1 is 1.12 bits per heavy atom. The van der Waals surface area contributed by atoms with Gasteiger partial charge in [0, 0.05) is 13.1 Å². The fraction of sp³-hybridized carbons (Fsp3) is 0.381. The molecule has 3 rings (SSSR count). The molecule has 0 aromatic heterocycles. The van der Waals surface area contributed by atoms with E-state index >= 15 is 0 Å². The molecule has 1 amide bonds. The lowest BCUT2D eigenvalue weighted by Crippen LogP contribution is -2.30. The summed E-state index contributed by atoms with van der Waals surface area (Å²) in [5, 5.41) is 3.19. The van der Waals surface area contributed by atoms with Gasteiger partial charge in [-0.05, 0) is 57.1 Å². The van der Waals surface area contributed by atoms with Crippen molar-refractivity contribution >= 4 is 5.91 Å². The first-order valence-corrected chi connectivity index (χ1v) is 9.15. The Labute approximate surface area is 154 Å². The number of carbonyl (C=O) groups excluding carboxylic acids is 1. The summed E-state index contributed by atoms with van der Waals surface area (Å²) in [4.78, 5) is 14.9. The molecule has 0 radical (unpaired) electrons. The molecule has 0 spiro atoms. The Kier molecular flexibility index (Phi) is 6.12. The molecule has 1 saturated heterocycles. The van der Waals surface area contributed by atoms with Crippen LogP contribution in [-0.2, 0) is 0 Å². The Bertz CT molecular complexity index is 748. The predicted octanol–water partition coefficient (Wildman–Crippen LogP) is 3.56. The molecule has 2 aromatic carbocycles. The predicted molar refractivity (Wildman–Crippen MR) is 102 cm³/mol. The molecule has 26 heavy (non-hydrogen) atoms. The van der Waals surface area contributed by atoms with Crippen LogP contribution in [0, 0.1) is 5.92 Å². The quantitative estimate of drug-likeness (QED) is 0.826. The van der Waals surface area contributed by atoms with E-state index in [0.717, 1.165) is 26.1 Å². The van der Waals surface area contributed by atoms with Crippen LogP contribution in [-0.4, -0.2) is 44.1 Å². The molecular formula is C21H26N2O3. The number of rotatable bonds is 7. The zero-order valence-corrected chi connectivity index (χ0v) is 15.4. The third kappa shape index (κ3) is 4.17. The maximum Gasteiger partial charge on any atom is 0.257 e. The molecule has 0 aliphatic carbocycles. The first-order valence-electron chi connectivity index (χ1n) is 9.15. The molecule has 2 aromatic rings. The average Bonchev–Trinajstić information content (AvgIpc) is 3.12. The molecule has 5 nitrogen and oxygen atoms in total. The first kappa shape index (κ1) is 18.3. The van der Waals surface area contributed by atoms with Gasteiger partial charge in [-0.25, -0.2) is 0 Å². The van der Waals surface area contributed by atoms with Crippen molar-refractivity contribution in [2.24, 2.45) is 5.92 Å². The van der Waals surface area contributed by atoms with Crippen molar-refractivity contribution in [3.63, 3.8) is 0 Å². The zero-order chi connectivity index (χ0) is 18.4. The van der Waals surface area contributed by atoms with E-state index in [9.17, 15) is 4.79 Å². The van der Waals surface area contributed by atoms with Crippen molar-refractivity contribution in [2.45, 2.75) is 13.3 Å². The van der Waals surface area contributed by atoms with E-state index in [1.807, 2.05) is 67.4 Å². The van der Waals surface area contributed by atoms with Crippen molar-refractivity contribution in [3.8, 4) is 17.2 Å². The number of para-hydroxylation sites is 3. The maximum absolute atomic E-state index is 13.0. The SMILES string of the molecule is CCOc1ccccc1Oc1ccccc1C(=O)N1CCC(CNC)C1. The highest BCUT2D eigenvalue weighted by atomic mass is 16.5. The minimum Gasteiger partial charge on any atom is -0.490 e. The Hall–Kier alpha value is -2.53. The van der Waals surface area contributed by atoms with Crippen LogP contribution >= 0.6 is 0 Å². The minimum absolute atomic E-state index is 0.0214. The third-order valence-corrected chi connectivity index (χ3v) is 4.55. The van der Waals surface area contributed by atoms with Crippen LogP contribution in [0.2, 0.25) is 0 Å². The second-order valence-electron chi connectivity index (χ2n) is 6.44. The fourth-order valence-corrected chi connectivity index (χ4v) is 3.30. The van der Waals surface area contributed by atoms with Gasteiger partial charge < -0.3 is 19.7 Å². The summed E-state index contributed by atoms with van der Waals surface area (Å²) in [6.45, 7) is 4.99. The number of hydrogen-bond donors (Lipinski definition) is 1. The highest BCUT2D eigenvalue weighted by molar-refractivity contribution is 5.97. The Balaban J connectivity index is 1.80. The van der Waals surface area contributed by atoms with Crippen molar-refractivity contribution in [1.82, 2.24) is 10.2 Å². The number of ether oxygens (including phenoxy) is 2. The lowest BCUT2D eigenvalue weighted by atomic mass is 10.1. The summed E-state index contributed by atoms with van der Waals surface area (Å²) in [5.41, 5.74) is 0.587. The topological polar surface area (TPSA) is 50.8 Å². The molecule has 1 heterocycles. The van der Waals surface area contributed by atoms with Gasteiger partial charge in [0.15, 0.2) is 11.5 Å². The highest BCUT2D eigenvalue weighted by Gasteiger charge is 2.28. The number of amides is 1. The van der Waals surface area contributed by atoms with E-state index in [4.69, 9.17) is 9.47 Å². The number of hydrogen-bond acceptors (Lipinski definition) is 4. The van der Waals surface area contributed by atoms with E-state index in [1.54, 1.807) is 0 Å². The van der Waals surface area contributed by atoms with E-state index < -0.39 is 0 Å². The smallest absolute Gasteiger partial charge is 0.257 e. The summed E-state index contributed by atoms with van der Waals surface area (Å²) < 4.78 is 11.7. The van der Waals surface area contributed by atoms with Crippen LogP contribution in [0.4, 0.5) is 0 Å². The third-order valence-electron chi connectivity index (χ3n) is 4.55. The van der Waals surface area contributed by atoms with Crippen LogP contribution in [0.3, 0.4) is 0 Å². The van der Waals surface area contributed by atoms with Crippen LogP contribution < -0.4 is 14.8 Å². The van der Waals surface area contributed by atoms with Crippen molar-refractivity contribution in [2.75, 3.05) is 33.3 Å². The fourth-order valence-electron chi connectivity index (χ4n) is 3.30. The minimum atomic E-state index is 0.0214. The second-order valence-corrected chi connectivity index (χ2v) is 6.44. The maximum atomic E-state index is 13.0. The molecule has 138 valence electrons. The number of benzene rings is 2. The standard InChI is InChI=1S/C21H26N2O3/c1-3-25-19-10-6-7-11-20(19)26-18-9-5-4-8-17(18)21(24)23-13-12-16(15-23)14-22-2/h4-11,16,22H,3,12-15H2,1-2H3. The molecule has 1 aliphatic rings. The van der Waals surface area contributed by atoms with Gasteiger partial charge in [0.25, 0.3) is 5.91 Å². The molecule has 1 fully saturated rings. The molecule has 1 atom stereocenters. The number of nitrogens with zero attached hydrogens (tertiary/aromatic N) is 1. The van der Waals surface area contributed by atoms with Crippen LogP contribution in [0.5, 0.6) is 17.2 Å². The lowest BCUT2D eigenvalue weighted by Gasteiger charge is -2.19. The monoisotopic (exact) mass is 354 g/mol. The van der Waals surface area contributed by atoms with Crippen LogP contribution in [0.15, 0.2) is 48.5 Å². The summed E-state index contributed by atoms with van der Waals surface area (Å²) in [7, 11) is 1.95. The van der Waals surface area contributed by atoms with Crippen molar-refractivity contribution in [1.29, 1.82) is 0 Å². The normalized spacial score (nSPS) is 16.5. The van der Waals surface area contributed by atoms with Crippen LogP contribution in [0.25, 0.3) is 0 Å². The number of likely N-dealkylation sites (tertiary alicyclic amines) is 1. The lowest BCUT2D eigenvalue weighted by molar-refractivity contribution is 0.0784. The Morgan fingerprint density at radius 2 is 1.81 bits per heavy atom. The molecule has 5 heteroatoms. The molecule has 0 saturated carbocycles. The van der Waals surface area contributed by atoms with Gasteiger partial charge in [-0.1, -0.05) is 24.3 Å². The molecular weight excluding hydrogens is 328 g/mol. The Morgan fingerprint density at radius 3 is 2.54 bits per heavy atom. The van der Waals surface area contributed by atoms with Crippen molar-refractivity contribution < 1.29 is 14.3 Å². The van der Waals surface area contributed by atoms with Crippen LogP contribution in [0.1, 0.15) is 23.7 Å². The second kappa shape index (κ2) is 8.72. The number of carbonyl (C=O) groups is 1. The molecule has 1 unspecified atom stereocenters. The summed E-state index contributed by atoms with van der Waals surface area (Å²) >= 11 is 0. The zero-order valence-electron chi connectivity index (χ0n) is 15.4. The van der Waals surface area contributed by atoms with Gasteiger partial charge in [-0.2, -0.15) is 0 Å². The van der Waals surface area contributed by atoms with E-state index in [0.29, 0.717) is 35.3 Å². The highest BCUT2D eigenvalue weighted by Crippen LogP contribution is 2.33. The van der Waals surface area contributed by atoms with Gasteiger partial charge in [-0.15, -0.1) is 0 Å². The van der Waals surface area contributed by atoms with Gasteiger partial charge in [-0.3, -0.25) is 4.79 Å². The average molecular weight is 354 g/mol. The number of nitrogens with one attached hydrogen (secondary N) is 1. The molecule has 1 N–H and O–H groups in total. The van der Waals surface area contributed by atoms with Crippen molar-refractivity contribution in [3.05, 3.63) is 54.1 Å². The van der Waals surface area contributed by atoms with E-state index in [1.165, 1.54) is 0 Å². The molecule has 1 aliphatic heterocycles. The first-order chi connectivity index (χ1) is 12.7. The van der Waals surface area contributed by atoms with Gasteiger partial charge in [0.05, 0.1) is 12.2 Å². The summed E-state index contributed by atoms with van der Waals surface area (Å²) in [6, 6.07) is 14.9.